The summed E-state index contributed by atoms with van der Waals surface area (Å²) in [6.07, 6.45) is 2.41. The summed E-state index contributed by atoms with van der Waals surface area (Å²) in [5.74, 6) is -0.0104. The van der Waals surface area contributed by atoms with Gasteiger partial charge in [-0.1, -0.05) is 25.5 Å². The molecular formula is C16H23BrN2O. The predicted octanol–water partition coefficient (Wildman–Crippen LogP) is 3.27. The highest BCUT2D eigenvalue weighted by Gasteiger charge is 2.32. The van der Waals surface area contributed by atoms with E-state index in [-0.39, 0.29) is 11.3 Å². The van der Waals surface area contributed by atoms with Crippen LogP contribution in [0, 0.1) is 12.3 Å². The van der Waals surface area contributed by atoms with Crippen LogP contribution in [0.3, 0.4) is 0 Å². The fourth-order valence-corrected chi connectivity index (χ4v) is 3.15. The van der Waals surface area contributed by atoms with E-state index in [0.29, 0.717) is 18.2 Å². The minimum Gasteiger partial charge on any atom is -0.350 e. The first kappa shape index (κ1) is 15.5. The van der Waals surface area contributed by atoms with Crippen molar-refractivity contribution in [1.82, 2.24) is 10.6 Å². The molecule has 2 N–H and O–H groups in total. The standard InChI is InChI=1S/C16H23BrN2O/c1-11-5-6-13(17)12(9-11)15(20)19-10-14-16(2,3)7-4-8-18-14/h5-6,9,14,18H,4,7-8,10H2,1-3H3,(H,19,20). The summed E-state index contributed by atoms with van der Waals surface area (Å²) >= 11 is 3.44. The summed E-state index contributed by atoms with van der Waals surface area (Å²) in [6, 6.07) is 6.17. The van der Waals surface area contributed by atoms with Crippen LogP contribution in [0.15, 0.2) is 22.7 Å². The molecule has 0 bridgehead atoms. The molecule has 0 aromatic heterocycles. The van der Waals surface area contributed by atoms with Gasteiger partial charge in [0.15, 0.2) is 0 Å². The lowest BCUT2D eigenvalue weighted by Gasteiger charge is -2.39. The average molecular weight is 339 g/mol. The molecule has 1 unspecified atom stereocenters. The molecule has 3 nitrogen and oxygen atoms in total. The van der Waals surface area contributed by atoms with Crippen LogP contribution in [0.25, 0.3) is 0 Å². The molecule has 0 radical (unpaired) electrons. The second-order valence-electron chi connectivity index (χ2n) is 6.29. The number of hydrogen-bond acceptors (Lipinski definition) is 2. The lowest BCUT2D eigenvalue weighted by Crippen LogP contribution is -2.52. The van der Waals surface area contributed by atoms with Crippen molar-refractivity contribution in [3.63, 3.8) is 0 Å². The van der Waals surface area contributed by atoms with Crippen LogP contribution < -0.4 is 10.6 Å². The van der Waals surface area contributed by atoms with E-state index in [4.69, 9.17) is 0 Å². The fourth-order valence-electron chi connectivity index (χ4n) is 2.72. The number of nitrogens with one attached hydrogen (secondary N) is 2. The second-order valence-corrected chi connectivity index (χ2v) is 7.15. The summed E-state index contributed by atoms with van der Waals surface area (Å²) in [6.45, 7) is 8.23. The number of amides is 1. The maximum absolute atomic E-state index is 12.3. The monoisotopic (exact) mass is 338 g/mol. The molecule has 1 aromatic rings. The van der Waals surface area contributed by atoms with Crippen LogP contribution in [0.1, 0.15) is 42.6 Å². The molecular weight excluding hydrogens is 316 g/mol. The van der Waals surface area contributed by atoms with Crippen molar-refractivity contribution >= 4 is 21.8 Å². The molecule has 110 valence electrons. The number of halogens is 1. The first-order valence-corrected chi connectivity index (χ1v) is 7.97. The van der Waals surface area contributed by atoms with Crippen LogP contribution in [-0.4, -0.2) is 25.0 Å². The first-order chi connectivity index (χ1) is 9.40. The van der Waals surface area contributed by atoms with Crippen LogP contribution in [-0.2, 0) is 0 Å². The van der Waals surface area contributed by atoms with Gasteiger partial charge < -0.3 is 10.6 Å². The van der Waals surface area contributed by atoms with Gasteiger partial charge in [-0.3, -0.25) is 4.79 Å². The van der Waals surface area contributed by atoms with Crippen molar-refractivity contribution in [2.45, 2.75) is 39.7 Å². The van der Waals surface area contributed by atoms with Gasteiger partial charge >= 0.3 is 0 Å². The lowest BCUT2D eigenvalue weighted by molar-refractivity contribution is 0.0928. The summed E-state index contributed by atoms with van der Waals surface area (Å²) in [7, 11) is 0. The third kappa shape index (κ3) is 3.61. The van der Waals surface area contributed by atoms with Crippen LogP contribution in [0.4, 0.5) is 0 Å². The highest BCUT2D eigenvalue weighted by molar-refractivity contribution is 9.10. The lowest BCUT2D eigenvalue weighted by atomic mass is 9.77. The highest BCUT2D eigenvalue weighted by atomic mass is 79.9. The van der Waals surface area contributed by atoms with Crippen molar-refractivity contribution in [3.8, 4) is 0 Å². The molecule has 1 amide bonds. The first-order valence-electron chi connectivity index (χ1n) is 7.18. The van der Waals surface area contributed by atoms with E-state index in [0.717, 1.165) is 16.6 Å². The van der Waals surface area contributed by atoms with E-state index < -0.39 is 0 Å². The zero-order valence-electron chi connectivity index (χ0n) is 12.4. The van der Waals surface area contributed by atoms with Crippen molar-refractivity contribution < 1.29 is 4.79 Å². The molecule has 0 saturated carbocycles. The Morgan fingerprint density at radius 1 is 1.50 bits per heavy atom. The summed E-state index contributed by atoms with van der Waals surface area (Å²) in [4.78, 5) is 12.3. The highest BCUT2D eigenvalue weighted by Crippen LogP contribution is 2.29. The van der Waals surface area contributed by atoms with Gasteiger partial charge in [-0.05, 0) is 59.8 Å². The minimum atomic E-state index is -0.0104. The van der Waals surface area contributed by atoms with Gasteiger partial charge in [-0.2, -0.15) is 0 Å². The maximum atomic E-state index is 12.3. The molecule has 20 heavy (non-hydrogen) atoms. The molecule has 1 fully saturated rings. The number of rotatable bonds is 3. The average Bonchev–Trinajstić information content (AvgIpc) is 2.39. The SMILES string of the molecule is Cc1ccc(Br)c(C(=O)NCC2NCCCC2(C)C)c1. The summed E-state index contributed by atoms with van der Waals surface area (Å²) in [5.41, 5.74) is 2.03. The van der Waals surface area contributed by atoms with Gasteiger partial charge in [0.1, 0.15) is 0 Å². The Balaban J connectivity index is 2.00. The third-order valence-corrected chi connectivity index (χ3v) is 4.86. The molecule has 0 spiro atoms. The number of hydrogen-bond donors (Lipinski definition) is 2. The Morgan fingerprint density at radius 2 is 2.25 bits per heavy atom. The number of carbonyl (C=O) groups is 1. The van der Waals surface area contributed by atoms with Gasteiger partial charge in [-0.25, -0.2) is 0 Å². The molecule has 2 rings (SSSR count). The topological polar surface area (TPSA) is 41.1 Å². The van der Waals surface area contributed by atoms with Crippen molar-refractivity contribution in [2.75, 3.05) is 13.1 Å². The Labute approximate surface area is 129 Å². The number of carbonyl (C=O) groups excluding carboxylic acids is 1. The van der Waals surface area contributed by atoms with Gasteiger partial charge in [0.2, 0.25) is 0 Å². The Morgan fingerprint density at radius 3 is 2.95 bits per heavy atom. The molecule has 1 aromatic carbocycles. The van der Waals surface area contributed by atoms with E-state index in [9.17, 15) is 4.79 Å². The Hall–Kier alpha value is -0.870. The third-order valence-electron chi connectivity index (χ3n) is 4.17. The largest absolute Gasteiger partial charge is 0.350 e. The van der Waals surface area contributed by atoms with E-state index in [2.05, 4.69) is 40.4 Å². The zero-order chi connectivity index (χ0) is 14.8. The molecule has 0 aliphatic carbocycles. The molecule has 1 saturated heterocycles. The molecule has 4 heteroatoms. The minimum absolute atomic E-state index is 0.0104. The van der Waals surface area contributed by atoms with Crippen LogP contribution in [0.2, 0.25) is 0 Å². The number of benzene rings is 1. The van der Waals surface area contributed by atoms with Gasteiger partial charge in [-0.15, -0.1) is 0 Å². The fraction of sp³-hybridized carbons (Fsp3) is 0.562. The van der Waals surface area contributed by atoms with Crippen molar-refractivity contribution in [2.24, 2.45) is 5.41 Å². The van der Waals surface area contributed by atoms with Gasteiger partial charge in [0.05, 0.1) is 5.56 Å². The molecule has 1 heterocycles. The van der Waals surface area contributed by atoms with E-state index in [1.54, 1.807) is 0 Å². The Bertz CT molecular complexity index is 499. The van der Waals surface area contributed by atoms with E-state index in [1.807, 2.05) is 25.1 Å². The smallest absolute Gasteiger partial charge is 0.252 e. The molecule has 1 aliphatic rings. The number of aryl methyl sites for hydroxylation is 1. The molecule has 1 atom stereocenters. The number of piperidine rings is 1. The van der Waals surface area contributed by atoms with Crippen LogP contribution in [0.5, 0.6) is 0 Å². The van der Waals surface area contributed by atoms with Crippen molar-refractivity contribution in [3.05, 3.63) is 33.8 Å². The maximum Gasteiger partial charge on any atom is 0.252 e. The summed E-state index contributed by atoms with van der Waals surface area (Å²) in [5, 5.41) is 6.58. The van der Waals surface area contributed by atoms with E-state index >= 15 is 0 Å². The van der Waals surface area contributed by atoms with Gasteiger partial charge in [0.25, 0.3) is 5.91 Å². The van der Waals surface area contributed by atoms with E-state index in [1.165, 1.54) is 12.8 Å². The Kier molecular flexibility index (Phi) is 4.86. The normalized spacial score (nSPS) is 21.5. The summed E-state index contributed by atoms with van der Waals surface area (Å²) < 4.78 is 0.844. The zero-order valence-corrected chi connectivity index (χ0v) is 14.0. The van der Waals surface area contributed by atoms with Crippen LogP contribution >= 0.6 is 15.9 Å². The second kappa shape index (κ2) is 6.27. The van der Waals surface area contributed by atoms with Crippen molar-refractivity contribution in [1.29, 1.82) is 0 Å². The van der Waals surface area contributed by atoms with Gasteiger partial charge in [0, 0.05) is 17.1 Å². The molecule has 1 aliphatic heterocycles. The quantitative estimate of drug-likeness (QED) is 0.887. The predicted molar refractivity (Wildman–Crippen MR) is 86.0 cm³/mol.